The van der Waals surface area contributed by atoms with E-state index in [2.05, 4.69) is 5.32 Å². The van der Waals surface area contributed by atoms with Crippen molar-refractivity contribution in [2.24, 2.45) is 0 Å². The van der Waals surface area contributed by atoms with Crippen LogP contribution >= 0.6 is 0 Å². The molecule has 0 unspecified atom stereocenters. The maximum absolute atomic E-state index is 11.5. The monoisotopic (exact) mass is 268 g/mol. The number of hydrogen-bond donors (Lipinski definition) is 2. The second-order valence-electron chi connectivity index (χ2n) is 3.87. The van der Waals surface area contributed by atoms with Crippen molar-refractivity contribution in [3.05, 3.63) is 28.3 Å². The molecule has 0 bridgehead atoms. The topological polar surface area (TPSA) is 102 Å². The Morgan fingerprint density at radius 2 is 2.21 bits per heavy atom. The fraction of sp³-hybridized carbons (Fsp3) is 0.417. The third-order valence-electron chi connectivity index (χ3n) is 2.47. The Bertz CT molecular complexity index is 461. The van der Waals surface area contributed by atoms with E-state index < -0.39 is 4.92 Å². The lowest BCUT2D eigenvalue weighted by Crippen LogP contribution is -2.11. The zero-order valence-corrected chi connectivity index (χ0v) is 10.6. The third kappa shape index (κ3) is 4.55. The molecular weight excluding hydrogens is 252 g/mol. The number of rotatable bonds is 7. The Hall–Kier alpha value is -2.15. The van der Waals surface area contributed by atoms with Gasteiger partial charge in [0.1, 0.15) is 0 Å². The zero-order chi connectivity index (χ0) is 14.3. The summed E-state index contributed by atoms with van der Waals surface area (Å²) in [5, 5.41) is 22.0. The number of ether oxygens (including phenoxy) is 1. The maximum atomic E-state index is 11.5. The van der Waals surface area contributed by atoms with Crippen LogP contribution in [0.2, 0.25) is 0 Å². The molecule has 0 spiro atoms. The smallest absolute Gasteiger partial charge is 0.312 e. The predicted molar refractivity (Wildman–Crippen MR) is 69.2 cm³/mol. The van der Waals surface area contributed by atoms with Crippen LogP contribution in [0.4, 0.5) is 11.4 Å². The standard InChI is InChI=1S/C12H16N2O5/c1-19-11-6-5-9(8-10(11)14(17)18)13-12(16)4-2-3-7-15/h5-6,8,15H,2-4,7H2,1H3,(H,13,16). The molecule has 1 aromatic rings. The van der Waals surface area contributed by atoms with Gasteiger partial charge in [-0.05, 0) is 25.0 Å². The van der Waals surface area contributed by atoms with Crippen molar-refractivity contribution in [1.82, 2.24) is 0 Å². The van der Waals surface area contributed by atoms with E-state index in [4.69, 9.17) is 9.84 Å². The van der Waals surface area contributed by atoms with Crippen molar-refractivity contribution in [3.63, 3.8) is 0 Å². The molecule has 0 aromatic heterocycles. The minimum Gasteiger partial charge on any atom is -0.490 e. The molecule has 1 rings (SSSR count). The van der Waals surface area contributed by atoms with E-state index in [-0.39, 0.29) is 30.4 Å². The summed E-state index contributed by atoms with van der Waals surface area (Å²) in [6.45, 7) is 0.0429. The summed E-state index contributed by atoms with van der Waals surface area (Å²) in [6.07, 6.45) is 1.39. The Morgan fingerprint density at radius 1 is 1.47 bits per heavy atom. The maximum Gasteiger partial charge on any atom is 0.312 e. The van der Waals surface area contributed by atoms with Crippen LogP contribution in [0.15, 0.2) is 18.2 Å². The number of carbonyl (C=O) groups excluding carboxylic acids is 1. The Kier molecular flexibility index (Phi) is 5.74. The molecule has 0 aliphatic carbocycles. The number of nitrogens with one attached hydrogen (secondary N) is 1. The number of methoxy groups -OCH3 is 1. The summed E-state index contributed by atoms with van der Waals surface area (Å²) in [4.78, 5) is 21.8. The van der Waals surface area contributed by atoms with Crippen LogP contribution in [0.3, 0.4) is 0 Å². The predicted octanol–water partition coefficient (Wildman–Crippen LogP) is 1.70. The number of amides is 1. The summed E-state index contributed by atoms with van der Waals surface area (Å²) >= 11 is 0. The minimum absolute atomic E-state index is 0.0429. The highest BCUT2D eigenvalue weighted by atomic mass is 16.6. The van der Waals surface area contributed by atoms with Gasteiger partial charge in [0.2, 0.25) is 5.91 Å². The van der Waals surface area contributed by atoms with Gasteiger partial charge in [-0.25, -0.2) is 0 Å². The van der Waals surface area contributed by atoms with E-state index in [1.807, 2.05) is 0 Å². The SMILES string of the molecule is COc1ccc(NC(=O)CCCCO)cc1[N+](=O)[O-]. The molecule has 0 saturated heterocycles. The Labute approximate surface area is 110 Å². The van der Waals surface area contributed by atoms with Crippen LogP contribution in [0.5, 0.6) is 5.75 Å². The van der Waals surface area contributed by atoms with Gasteiger partial charge >= 0.3 is 5.69 Å². The summed E-state index contributed by atoms with van der Waals surface area (Å²) in [7, 11) is 1.34. The first-order valence-corrected chi connectivity index (χ1v) is 5.81. The normalized spacial score (nSPS) is 10.0. The molecule has 0 aliphatic heterocycles. The molecule has 2 N–H and O–H groups in total. The molecule has 0 radical (unpaired) electrons. The molecule has 0 atom stereocenters. The van der Waals surface area contributed by atoms with Crippen molar-refractivity contribution in [1.29, 1.82) is 0 Å². The largest absolute Gasteiger partial charge is 0.490 e. The average molecular weight is 268 g/mol. The van der Waals surface area contributed by atoms with Crippen molar-refractivity contribution in [2.45, 2.75) is 19.3 Å². The first kappa shape index (κ1) is 14.9. The van der Waals surface area contributed by atoms with E-state index >= 15 is 0 Å². The summed E-state index contributed by atoms with van der Waals surface area (Å²) in [5.41, 5.74) is 0.150. The molecule has 0 aliphatic rings. The lowest BCUT2D eigenvalue weighted by atomic mass is 10.2. The fourth-order valence-corrected chi connectivity index (χ4v) is 1.53. The van der Waals surface area contributed by atoms with Gasteiger partial charge in [-0.2, -0.15) is 0 Å². The highest BCUT2D eigenvalue weighted by molar-refractivity contribution is 5.91. The van der Waals surface area contributed by atoms with Crippen molar-refractivity contribution >= 4 is 17.3 Å². The van der Waals surface area contributed by atoms with Gasteiger partial charge in [-0.3, -0.25) is 14.9 Å². The lowest BCUT2D eigenvalue weighted by Gasteiger charge is -2.07. The number of aliphatic hydroxyl groups excluding tert-OH is 1. The summed E-state index contributed by atoms with van der Waals surface area (Å²) < 4.78 is 4.86. The first-order valence-electron chi connectivity index (χ1n) is 5.81. The van der Waals surface area contributed by atoms with Gasteiger partial charge in [0.05, 0.1) is 12.0 Å². The number of carbonyl (C=O) groups is 1. The van der Waals surface area contributed by atoms with Gasteiger partial charge in [0, 0.05) is 24.8 Å². The number of unbranched alkanes of at least 4 members (excludes halogenated alkanes) is 1. The van der Waals surface area contributed by atoms with Gasteiger partial charge in [-0.1, -0.05) is 0 Å². The van der Waals surface area contributed by atoms with Crippen molar-refractivity contribution in [2.75, 3.05) is 19.0 Å². The molecule has 19 heavy (non-hydrogen) atoms. The quantitative estimate of drug-likeness (QED) is 0.445. The molecule has 0 heterocycles. The zero-order valence-electron chi connectivity index (χ0n) is 10.6. The number of nitro benzene ring substituents is 1. The minimum atomic E-state index is -0.569. The molecule has 1 amide bonds. The van der Waals surface area contributed by atoms with Gasteiger partial charge in [0.25, 0.3) is 0 Å². The van der Waals surface area contributed by atoms with E-state index in [1.165, 1.54) is 25.3 Å². The third-order valence-corrected chi connectivity index (χ3v) is 2.47. The van der Waals surface area contributed by atoms with E-state index in [0.717, 1.165) is 0 Å². The second kappa shape index (κ2) is 7.32. The number of aliphatic hydroxyl groups is 1. The fourth-order valence-electron chi connectivity index (χ4n) is 1.53. The Morgan fingerprint density at radius 3 is 2.79 bits per heavy atom. The molecular formula is C12H16N2O5. The van der Waals surface area contributed by atoms with E-state index in [9.17, 15) is 14.9 Å². The van der Waals surface area contributed by atoms with Crippen molar-refractivity contribution < 1.29 is 19.6 Å². The van der Waals surface area contributed by atoms with E-state index in [1.54, 1.807) is 0 Å². The molecule has 0 fully saturated rings. The number of anilines is 1. The van der Waals surface area contributed by atoms with Crippen LogP contribution < -0.4 is 10.1 Å². The summed E-state index contributed by atoms with van der Waals surface area (Å²) in [6, 6.07) is 4.22. The molecule has 7 nitrogen and oxygen atoms in total. The molecule has 104 valence electrons. The van der Waals surface area contributed by atoms with E-state index in [0.29, 0.717) is 18.5 Å². The van der Waals surface area contributed by atoms with Crippen molar-refractivity contribution in [3.8, 4) is 5.75 Å². The second-order valence-corrected chi connectivity index (χ2v) is 3.87. The van der Waals surface area contributed by atoms with Crippen LogP contribution in [0, 0.1) is 10.1 Å². The van der Waals surface area contributed by atoms with Gasteiger partial charge in [0.15, 0.2) is 5.75 Å². The number of hydrogen-bond acceptors (Lipinski definition) is 5. The number of benzene rings is 1. The van der Waals surface area contributed by atoms with Crippen LogP contribution in [0.25, 0.3) is 0 Å². The van der Waals surface area contributed by atoms with Crippen LogP contribution in [0.1, 0.15) is 19.3 Å². The Balaban J connectivity index is 2.71. The van der Waals surface area contributed by atoms with Crippen LogP contribution in [-0.2, 0) is 4.79 Å². The summed E-state index contributed by atoms with van der Waals surface area (Å²) in [5.74, 6) is -0.101. The number of nitro groups is 1. The highest BCUT2D eigenvalue weighted by Gasteiger charge is 2.15. The van der Waals surface area contributed by atoms with Crippen LogP contribution in [-0.4, -0.2) is 29.7 Å². The molecule has 1 aromatic carbocycles. The lowest BCUT2D eigenvalue weighted by molar-refractivity contribution is -0.385. The number of nitrogens with zero attached hydrogens (tertiary/aromatic N) is 1. The highest BCUT2D eigenvalue weighted by Crippen LogP contribution is 2.29. The average Bonchev–Trinajstić information content (AvgIpc) is 2.39. The van der Waals surface area contributed by atoms with Gasteiger partial charge in [-0.15, -0.1) is 0 Å². The first-order chi connectivity index (χ1) is 9.08. The molecule has 7 heteroatoms. The van der Waals surface area contributed by atoms with Gasteiger partial charge < -0.3 is 15.2 Å². The molecule has 0 saturated carbocycles.